The van der Waals surface area contributed by atoms with Gasteiger partial charge in [-0.1, -0.05) is 0 Å². The van der Waals surface area contributed by atoms with Crippen molar-refractivity contribution in [2.45, 2.75) is 19.8 Å². The molecule has 0 amide bonds. The lowest BCUT2D eigenvalue weighted by Crippen LogP contribution is -1.84. The Bertz CT molecular complexity index is 199. The summed E-state index contributed by atoms with van der Waals surface area (Å²) in [6.07, 6.45) is 1.96. The number of halogens is 1. The summed E-state index contributed by atoms with van der Waals surface area (Å²) in [5.41, 5.74) is 0. The zero-order valence-corrected chi connectivity index (χ0v) is 7.37. The zero-order chi connectivity index (χ0) is 7.40. The van der Waals surface area contributed by atoms with E-state index in [1.807, 2.05) is 6.92 Å². The highest BCUT2D eigenvalue weighted by Crippen LogP contribution is 2.09. The summed E-state index contributed by atoms with van der Waals surface area (Å²) in [6.45, 7) is 1.96. The predicted octanol–water partition coefficient (Wildman–Crippen LogP) is 2.02. The first-order valence-corrected chi connectivity index (χ1v) is 4.53. The minimum absolute atomic E-state index is 0.707. The fourth-order valence-electron chi connectivity index (χ4n) is 0.657. The third kappa shape index (κ3) is 2.23. The normalized spacial score (nSPS) is 10.2. The van der Waals surface area contributed by atoms with Gasteiger partial charge in [-0.05, 0) is 13.3 Å². The van der Waals surface area contributed by atoms with Crippen molar-refractivity contribution in [2.75, 3.05) is 5.88 Å². The van der Waals surface area contributed by atoms with E-state index in [2.05, 4.69) is 10.2 Å². The number of alkyl halides is 1. The number of aromatic nitrogens is 2. The van der Waals surface area contributed by atoms with Gasteiger partial charge in [-0.3, -0.25) is 0 Å². The van der Waals surface area contributed by atoms with Gasteiger partial charge in [-0.15, -0.1) is 33.1 Å². The second kappa shape index (κ2) is 3.88. The van der Waals surface area contributed by atoms with Crippen LogP contribution < -0.4 is 0 Å². The van der Waals surface area contributed by atoms with Gasteiger partial charge in [0.15, 0.2) is 0 Å². The summed E-state index contributed by atoms with van der Waals surface area (Å²) in [5, 5.41) is 9.99. The van der Waals surface area contributed by atoms with Crippen LogP contribution in [0, 0.1) is 6.92 Å². The molecular formula is C6H9ClN2S. The molecule has 0 aliphatic heterocycles. The Kier molecular flexibility index (Phi) is 3.09. The van der Waals surface area contributed by atoms with Crippen LogP contribution in [0.2, 0.25) is 0 Å². The highest BCUT2D eigenvalue weighted by Gasteiger charge is 1.97. The Hall–Kier alpha value is -0.150. The van der Waals surface area contributed by atoms with E-state index in [1.54, 1.807) is 11.3 Å². The quantitative estimate of drug-likeness (QED) is 0.659. The van der Waals surface area contributed by atoms with Gasteiger partial charge in [-0.25, -0.2) is 0 Å². The Morgan fingerprint density at radius 2 is 2.30 bits per heavy atom. The summed E-state index contributed by atoms with van der Waals surface area (Å²) in [6, 6.07) is 0. The summed E-state index contributed by atoms with van der Waals surface area (Å²) in [5.74, 6) is 0.707. The first-order valence-electron chi connectivity index (χ1n) is 3.18. The second-order valence-electron chi connectivity index (χ2n) is 2.01. The minimum atomic E-state index is 0.707. The third-order valence-electron chi connectivity index (χ3n) is 1.09. The number of rotatable bonds is 3. The van der Waals surface area contributed by atoms with Crippen LogP contribution in [0.3, 0.4) is 0 Å². The molecule has 1 rings (SSSR count). The maximum atomic E-state index is 5.51. The lowest BCUT2D eigenvalue weighted by molar-refractivity contribution is 0.878. The number of hydrogen-bond donors (Lipinski definition) is 0. The van der Waals surface area contributed by atoms with E-state index in [9.17, 15) is 0 Å². The van der Waals surface area contributed by atoms with Gasteiger partial charge in [0.05, 0.1) is 0 Å². The molecule has 0 aromatic carbocycles. The average molecular weight is 177 g/mol. The lowest BCUT2D eigenvalue weighted by atomic mass is 10.4. The van der Waals surface area contributed by atoms with Gasteiger partial charge in [-0.2, -0.15) is 0 Å². The largest absolute Gasteiger partial charge is 0.144 e. The Morgan fingerprint density at radius 1 is 1.50 bits per heavy atom. The van der Waals surface area contributed by atoms with Crippen LogP contribution >= 0.6 is 22.9 Å². The molecule has 4 heteroatoms. The third-order valence-corrected chi connectivity index (χ3v) is 2.26. The van der Waals surface area contributed by atoms with E-state index in [0.29, 0.717) is 5.88 Å². The van der Waals surface area contributed by atoms with Crippen molar-refractivity contribution < 1.29 is 0 Å². The van der Waals surface area contributed by atoms with Crippen molar-refractivity contribution in [2.24, 2.45) is 0 Å². The molecule has 0 fully saturated rings. The summed E-state index contributed by atoms with van der Waals surface area (Å²) in [4.78, 5) is 0. The van der Waals surface area contributed by atoms with E-state index in [4.69, 9.17) is 11.6 Å². The molecule has 0 N–H and O–H groups in total. The van der Waals surface area contributed by atoms with E-state index >= 15 is 0 Å². The number of nitrogens with zero attached hydrogens (tertiary/aromatic N) is 2. The molecule has 56 valence electrons. The summed E-state index contributed by atoms with van der Waals surface area (Å²) < 4.78 is 0. The molecule has 0 radical (unpaired) electrons. The monoisotopic (exact) mass is 176 g/mol. The smallest absolute Gasteiger partial charge is 0.117 e. The summed E-state index contributed by atoms with van der Waals surface area (Å²) >= 11 is 7.16. The Balaban J connectivity index is 2.42. The van der Waals surface area contributed by atoms with E-state index < -0.39 is 0 Å². The molecule has 0 saturated carbocycles. The highest BCUT2D eigenvalue weighted by atomic mass is 35.5. The average Bonchev–Trinajstić information content (AvgIpc) is 2.31. The minimum Gasteiger partial charge on any atom is -0.144 e. The van der Waals surface area contributed by atoms with Gasteiger partial charge >= 0.3 is 0 Å². The molecule has 0 spiro atoms. The Labute approximate surface area is 69.2 Å². The topological polar surface area (TPSA) is 25.8 Å². The van der Waals surface area contributed by atoms with Gasteiger partial charge in [0, 0.05) is 12.3 Å². The van der Waals surface area contributed by atoms with E-state index in [0.717, 1.165) is 22.9 Å². The zero-order valence-electron chi connectivity index (χ0n) is 5.80. The van der Waals surface area contributed by atoms with Crippen molar-refractivity contribution >= 4 is 22.9 Å². The van der Waals surface area contributed by atoms with Gasteiger partial charge in [0.1, 0.15) is 10.0 Å². The standard InChI is InChI=1S/C6H9ClN2S/c1-5-8-9-6(10-5)3-2-4-7/h2-4H2,1H3. The van der Waals surface area contributed by atoms with Crippen molar-refractivity contribution in [3.8, 4) is 0 Å². The maximum absolute atomic E-state index is 5.51. The van der Waals surface area contributed by atoms with Gasteiger partial charge in [0.2, 0.25) is 0 Å². The molecule has 0 unspecified atom stereocenters. The molecule has 0 aliphatic carbocycles. The van der Waals surface area contributed by atoms with Crippen molar-refractivity contribution in [1.29, 1.82) is 0 Å². The fraction of sp³-hybridized carbons (Fsp3) is 0.667. The highest BCUT2D eigenvalue weighted by molar-refractivity contribution is 7.11. The van der Waals surface area contributed by atoms with Crippen LogP contribution in [0.5, 0.6) is 0 Å². The number of hydrogen-bond acceptors (Lipinski definition) is 3. The van der Waals surface area contributed by atoms with E-state index in [-0.39, 0.29) is 0 Å². The van der Waals surface area contributed by atoms with Crippen molar-refractivity contribution in [3.05, 3.63) is 10.0 Å². The van der Waals surface area contributed by atoms with Crippen molar-refractivity contribution in [3.63, 3.8) is 0 Å². The molecule has 1 aromatic heterocycles. The van der Waals surface area contributed by atoms with Crippen LogP contribution in [0.15, 0.2) is 0 Å². The lowest BCUT2D eigenvalue weighted by Gasteiger charge is -1.86. The molecule has 1 aromatic rings. The van der Waals surface area contributed by atoms with Crippen LogP contribution in [0.25, 0.3) is 0 Å². The maximum Gasteiger partial charge on any atom is 0.117 e. The molecule has 0 atom stereocenters. The predicted molar refractivity (Wildman–Crippen MR) is 43.7 cm³/mol. The van der Waals surface area contributed by atoms with Crippen LogP contribution in [-0.2, 0) is 6.42 Å². The molecule has 2 nitrogen and oxygen atoms in total. The molecule has 1 heterocycles. The SMILES string of the molecule is Cc1nnc(CCCCl)s1. The van der Waals surface area contributed by atoms with Crippen LogP contribution in [0.1, 0.15) is 16.4 Å². The fourth-order valence-corrected chi connectivity index (χ4v) is 1.54. The number of aryl methyl sites for hydroxylation is 2. The Morgan fingerprint density at radius 3 is 2.80 bits per heavy atom. The molecule has 0 saturated heterocycles. The molecule has 0 aliphatic rings. The second-order valence-corrected chi connectivity index (χ2v) is 3.65. The van der Waals surface area contributed by atoms with E-state index in [1.165, 1.54) is 0 Å². The first kappa shape index (κ1) is 7.95. The first-order chi connectivity index (χ1) is 4.83. The molecular weight excluding hydrogens is 168 g/mol. The van der Waals surface area contributed by atoms with Crippen molar-refractivity contribution in [1.82, 2.24) is 10.2 Å². The van der Waals surface area contributed by atoms with Crippen LogP contribution in [0.4, 0.5) is 0 Å². The van der Waals surface area contributed by atoms with Gasteiger partial charge < -0.3 is 0 Å². The summed E-state index contributed by atoms with van der Waals surface area (Å²) in [7, 11) is 0. The molecule has 10 heavy (non-hydrogen) atoms. The molecule has 0 bridgehead atoms. The van der Waals surface area contributed by atoms with Crippen LogP contribution in [-0.4, -0.2) is 16.1 Å². The van der Waals surface area contributed by atoms with Gasteiger partial charge in [0.25, 0.3) is 0 Å².